The van der Waals surface area contributed by atoms with Crippen LogP contribution in [0.3, 0.4) is 0 Å². The molecule has 1 aromatic heterocycles. The monoisotopic (exact) mass is 281 g/mol. The Morgan fingerprint density at radius 3 is 2.70 bits per heavy atom. The second kappa shape index (κ2) is 6.83. The summed E-state index contributed by atoms with van der Waals surface area (Å²) in [5, 5.41) is 4.16. The minimum Gasteiger partial charge on any atom is -0.383 e. The van der Waals surface area contributed by atoms with Crippen molar-refractivity contribution < 1.29 is 9.53 Å². The number of aromatic nitrogens is 2. The highest BCUT2D eigenvalue weighted by Gasteiger charge is 2.25. The number of carbonyl (C=O) groups is 1. The zero-order chi connectivity index (χ0) is 14.5. The van der Waals surface area contributed by atoms with Crippen LogP contribution in [0.4, 0.5) is 0 Å². The number of piperazine rings is 1. The van der Waals surface area contributed by atoms with Gasteiger partial charge < -0.3 is 15.4 Å². The van der Waals surface area contributed by atoms with Crippen molar-refractivity contribution in [2.24, 2.45) is 12.8 Å². The molecule has 1 fully saturated rings. The number of aryl methyl sites for hydroxylation is 1. The summed E-state index contributed by atoms with van der Waals surface area (Å²) in [5.41, 5.74) is 6.98. The van der Waals surface area contributed by atoms with Crippen molar-refractivity contribution in [2.45, 2.75) is 12.6 Å². The molecule has 7 heteroatoms. The molecule has 2 rings (SSSR count). The molecular formula is C13H23N5O2. The normalized spacial score (nSPS) is 18.2. The average molecular weight is 281 g/mol. The van der Waals surface area contributed by atoms with Gasteiger partial charge in [0.25, 0.3) is 0 Å². The average Bonchev–Trinajstić information content (AvgIpc) is 2.84. The molecule has 0 bridgehead atoms. The largest absolute Gasteiger partial charge is 0.383 e. The molecule has 2 N–H and O–H groups in total. The van der Waals surface area contributed by atoms with E-state index in [0.717, 1.165) is 32.7 Å². The fourth-order valence-electron chi connectivity index (χ4n) is 2.42. The maximum Gasteiger partial charge on any atom is 0.241 e. The van der Waals surface area contributed by atoms with Crippen molar-refractivity contribution in [1.29, 1.82) is 0 Å². The molecule has 0 spiro atoms. The van der Waals surface area contributed by atoms with Crippen molar-refractivity contribution >= 4 is 5.91 Å². The van der Waals surface area contributed by atoms with Crippen LogP contribution in [0.15, 0.2) is 12.4 Å². The van der Waals surface area contributed by atoms with E-state index < -0.39 is 6.04 Å². The van der Waals surface area contributed by atoms with E-state index in [9.17, 15) is 4.79 Å². The van der Waals surface area contributed by atoms with Gasteiger partial charge in [0.15, 0.2) is 0 Å². The molecule has 0 radical (unpaired) electrons. The number of amides is 1. The van der Waals surface area contributed by atoms with E-state index in [-0.39, 0.29) is 12.5 Å². The lowest BCUT2D eigenvalue weighted by atomic mass is 10.2. The first-order valence-corrected chi connectivity index (χ1v) is 6.83. The van der Waals surface area contributed by atoms with Gasteiger partial charge in [0.1, 0.15) is 6.04 Å². The van der Waals surface area contributed by atoms with E-state index in [0.29, 0.717) is 0 Å². The van der Waals surface area contributed by atoms with Gasteiger partial charge in [-0.1, -0.05) is 0 Å². The topological polar surface area (TPSA) is 76.6 Å². The van der Waals surface area contributed by atoms with Gasteiger partial charge in [-0.2, -0.15) is 5.10 Å². The van der Waals surface area contributed by atoms with Crippen molar-refractivity contribution in [3.63, 3.8) is 0 Å². The van der Waals surface area contributed by atoms with Crippen molar-refractivity contribution in [1.82, 2.24) is 19.6 Å². The summed E-state index contributed by atoms with van der Waals surface area (Å²) in [6.07, 6.45) is 3.90. The summed E-state index contributed by atoms with van der Waals surface area (Å²) in [6, 6.07) is -0.551. The second-order valence-corrected chi connectivity index (χ2v) is 5.19. The molecule has 1 unspecified atom stereocenters. The van der Waals surface area contributed by atoms with E-state index in [2.05, 4.69) is 10.00 Å². The standard InChI is InChI=1S/C13H23N5O2/c1-16-8-11(7-15-16)9-17-3-5-18(6-4-17)13(19)12(14)10-20-2/h7-8,12H,3-6,9-10,14H2,1-2H3. The number of ether oxygens (including phenoxy) is 1. The Bertz CT molecular complexity index is 440. The summed E-state index contributed by atoms with van der Waals surface area (Å²) in [4.78, 5) is 16.2. The van der Waals surface area contributed by atoms with Crippen LogP contribution in [0.5, 0.6) is 0 Å². The Labute approximate surface area is 119 Å². The number of carbonyl (C=O) groups excluding carboxylic acids is 1. The molecule has 0 aliphatic carbocycles. The van der Waals surface area contributed by atoms with Crippen LogP contribution in [0, 0.1) is 0 Å². The number of hydrogen-bond donors (Lipinski definition) is 1. The van der Waals surface area contributed by atoms with Gasteiger partial charge in [-0.05, 0) is 0 Å². The molecule has 1 aromatic rings. The zero-order valence-corrected chi connectivity index (χ0v) is 12.2. The third kappa shape index (κ3) is 3.78. The van der Waals surface area contributed by atoms with Crippen molar-refractivity contribution in [3.8, 4) is 0 Å². The molecule has 0 aromatic carbocycles. The fraction of sp³-hybridized carbons (Fsp3) is 0.692. The van der Waals surface area contributed by atoms with Gasteiger partial charge in [-0.25, -0.2) is 0 Å². The van der Waals surface area contributed by atoms with Gasteiger partial charge in [-0.15, -0.1) is 0 Å². The fourth-order valence-corrected chi connectivity index (χ4v) is 2.42. The Hall–Kier alpha value is -1.44. The van der Waals surface area contributed by atoms with Crippen LogP contribution in [-0.4, -0.2) is 71.4 Å². The minimum absolute atomic E-state index is 0.0205. The van der Waals surface area contributed by atoms with Gasteiger partial charge >= 0.3 is 0 Å². The molecule has 7 nitrogen and oxygen atoms in total. The van der Waals surface area contributed by atoms with E-state index in [1.165, 1.54) is 5.56 Å². The molecule has 2 heterocycles. The molecule has 1 aliphatic heterocycles. The van der Waals surface area contributed by atoms with Crippen molar-refractivity contribution in [3.05, 3.63) is 18.0 Å². The van der Waals surface area contributed by atoms with Crippen LogP contribution in [-0.2, 0) is 23.1 Å². The lowest BCUT2D eigenvalue weighted by Gasteiger charge is -2.35. The van der Waals surface area contributed by atoms with Crippen LogP contribution in [0.1, 0.15) is 5.56 Å². The highest BCUT2D eigenvalue weighted by molar-refractivity contribution is 5.81. The van der Waals surface area contributed by atoms with Gasteiger partial charge in [-0.3, -0.25) is 14.4 Å². The molecule has 1 saturated heterocycles. The summed E-state index contributed by atoms with van der Waals surface area (Å²) in [5.74, 6) is -0.0205. The first-order chi connectivity index (χ1) is 9.60. The Balaban J connectivity index is 1.78. The first kappa shape index (κ1) is 15.0. The molecule has 1 aliphatic rings. The highest BCUT2D eigenvalue weighted by atomic mass is 16.5. The third-order valence-electron chi connectivity index (χ3n) is 3.51. The number of nitrogens with zero attached hydrogens (tertiary/aromatic N) is 4. The van der Waals surface area contributed by atoms with Crippen molar-refractivity contribution in [2.75, 3.05) is 39.9 Å². The summed E-state index contributed by atoms with van der Waals surface area (Å²) >= 11 is 0. The highest BCUT2D eigenvalue weighted by Crippen LogP contribution is 2.08. The van der Waals surface area contributed by atoms with E-state index in [1.54, 1.807) is 11.8 Å². The predicted octanol–water partition coefficient (Wildman–Crippen LogP) is -0.962. The Morgan fingerprint density at radius 1 is 1.45 bits per heavy atom. The predicted molar refractivity (Wildman–Crippen MR) is 74.9 cm³/mol. The lowest BCUT2D eigenvalue weighted by Crippen LogP contribution is -2.53. The molecule has 20 heavy (non-hydrogen) atoms. The molecule has 1 amide bonds. The van der Waals surface area contributed by atoms with Crippen LogP contribution >= 0.6 is 0 Å². The SMILES string of the molecule is COCC(N)C(=O)N1CCN(Cc2cnn(C)c2)CC1. The smallest absolute Gasteiger partial charge is 0.241 e. The molecule has 1 atom stereocenters. The van der Waals surface area contributed by atoms with Gasteiger partial charge in [0, 0.05) is 58.6 Å². The van der Waals surface area contributed by atoms with Gasteiger partial charge in [0.05, 0.1) is 12.8 Å². The summed E-state index contributed by atoms with van der Waals surface area (Å²) in [6.45, 7) is 4.31. The van der Waals surface area contributed by atoms with E-state index >= 15 is 0 Å². The third-order valence-corrected chi connectivity index (χ3v) is 3.51. The number of nitrogens with two attached hydrogens (primary N) is 1. The Morgan fingerprint density at radius 2 is 2.15 bits per heavy atom. The lowest BCUT2D eigenvalue weighted by molar-refractivity contribution is -0.135. The molecule has 0 saturated carbocycles. The van der Waals surface area contributed by atoms with Gasteiger partial charge in [0.2, 0.25) is 5.91 Å². The zero-order valence-electron chi connectivity index (χ0n) is 12.2. The van der Waals surface area contributed by atoms with Crippen LogP contribution in [0.25, 0.3) is 0 Å². The molecule has 112 valence electrons. The first-order valence-electron chi connectivity index (χ1n) is 6.83. The number of rotatable bonds is 5. The maximum absolute atomic E-state index is 12.0. The van der Waals surface area contributed by atoms with E-state index in [1.807, 2.05) is 24.3 Å². The van der Waals surface area contributed by atoms with Crippen LogP contribution in [0.2, 0.25) is 0 Å². The quantitative estimate of drug-likeness (QED) is 0.752. The number of methoxy groups -OCH3 is 1. The Kier molecular flexibility index (Phi) is 5.11. The second-order valence-electron chi connectivity index (χ2n) is 5.19. The summed E-state index contributed by atoms with van der Waals surface area (Å²) in [7, 11) is 3.47. The van der Waals surface area contributed by atoms with E-state index in [4.69, 9.17) is 10.5 Å². The summed E-state index contributed by atoms with van der Waals surface area (Å²) < 4.78 is 6.73. The molecular weight excluding hydrogens is 258 g/mol. The van der Waals surface area contributed by atoms with Crippen LogP contribution < -0.4 is 5.73 Å². The maximum atomic E-state index is 12.0. The number of hydrogen-bond acceptors (Lipinski definition) is 5. The minimum atomic E-state index is -0.551.